The molecule has 0 saturated heterocycles. The van der Waals surface area contributed by atoms with Crippen LogP contribution >= 0.6 is 0 Å². The first-order valence-corrected chi connectivity index (χ1v) is 12.9. The lowest BCUT2D eigenvalue weighted by atomic mass is 9.92. The molecule has 0 radical (unpaired) electrons. The summed E-state index contributed by atoms with van der Waals surface area (Å²) in [5, 5.41) is 11.1. The summed E-state index contributed by atoms with van der Waals surface area (Å²) in [7, 11) is 0. The Morgan fingerprint density at radius 1 is 0.650 bits per heavy atom. The number of nitrogens with two attached hydrogens (primary N) is 2. The SMILES string of the molecule is NC(Cc1ccccc1C(=O)CCC(=O)c1ccccc1CC(N)C(=O)Oc1ccc2ccccc2c1)C(=O)O. The maximum Gasteiger partial charge on any atom is 0.328 e. The van der Waals surface area contributed by atoms with E-state index in [9.17, 15) is 19.2 Å². The predicted molar refractivity (Wildman–Crippen MR) is 151 cm³/mol. The minimum absolute atomic E-state index is 0.00121. The number of ether oxygens (including phenoxy) is 1. The number of ketones is 2. The molecule has 2 unspecified atom stereocenters. The normalized spacial score (nSPS) is 12.4. The zero-order chi connectivity index (χ0) is 28.6. The Morgan fingerprint density at radius 3 is 1.73 bits per heavy atom. The molecule has 2 atom stereocenters. The molecule has 8 heteroatoms. The molecular weight excluding hydrogens is 508 g/mol. The van der Waals surface area contributed by atoms with Crippen molar-refractivity contribution in [1.29, 1.82) is 0 Å². The number of esters is 1. The monoisotopic (exact) mass is 538 g/mol. The molecule has 0 bridgehead atoms. The molecule has 0 saturated carbocycles. The molecule has 4 aromatic carbocycles. The number of hydrogen-bond acceptors (Lipinski definition) is 7. The lowest BCUT2D eigenvalue weighted by Crippen LogP contribution is -2.36. The minimum atomic E-state index is -1.16. The maximum atomic E-state index is 13.1. The van der Waals surface area contributed by atoms with Crippen LogP contribution in [0.3, 0.4) is 0 Å². The standard InChI is InChI=1S/C32H30N2O6/c33-27(31(37)38)18-22-9-3-5-11-25(22)29(35)15-16-30(36)26-12-6-4-10-23(26)19-28(34)32(39)40-24-14-13-20-7-1-2-8-21(20)17-24/h1-14,17,27-28H,15-16,18-19,33-34H2,(H,37,38). The summed E-state index contributed by atoms with van der Waals surface area (Å²) in [4.78, 5) is 49.9. The van der Waals surface area contributed by atoms with E-state index in [1.165, 1.54) is 0 Å². The fourth-order valence-electron chi connectivity index (χ4n) is 4.50. The summed E-state index contributed by atoms with van der Waals surface area (Å²) >= 11 is 0. The number of carboxylic acids is 1. The Morgan fingerprint density at radius 2 is 1.15 bits per heavy atom. The summed E-state index contributed by atoms with van der Waals surface area (Å²) < 4.78 is 5.50. The van der Waals surface area contributed by atoms with E-state index in [1.54, 1.807) is 60.7 Å². The van der Waals surface area contributed by atoms with Gasteiger partial charge in [0.05, 0.1) is 0 Å². The highest BCUT2D eigenvalue weighted by Crippen LogP contribution is 2.22. The van der Waals surface area contributed by atoms with Gasteiger partial charge in [-0.2, -0.15) is 0 Å². The maximum absolute atomic E-state index is 13.1. The third-order valence-electron chi connectivity index (χ3n) is 6.65. The van der Waals surface area contributed by atoms with E-state index in [0.29, 0.717) is 28.0 Å². The molecule has 0 aromatic heterocycles. The van der Waals surface area contributed by atoms with Crippen LogP contribution in [0.4, 0.5) is 0 Å². The van der Waals surface area contributed by atoms with Crippen LogP contribution in [0.25, 0.3) is 10.8 Å². The second-order valence-electron chi connectivity index (χ2n) is 9.55. The lowest BCUT2D eigenvalue weighted by Gasteiger charge is -2.14. The number of hydrogen-bond donors (Lipinski definition) is 3. The van der Waals surface area contributed by atoms with E-state index in [0.717, 1.165) is 10.8 Å². The van der Waals surface area contributed by atoms with Crippen molar-refractivity contribution in [2.75, 3.05) is 0 Å². The van der Waals surface area contributed by atoms with Crippen molar-refractivity contribution in [2.24, 2.45) is 11.5 Å². The molecule has 0 aliphatic carbocycles. The van der Waals surface area contributed by atoms with Crippen molar-refractivity contribution < 1.29 is 29.0 Å². The van der Waals surface area contributed by atoms with Crippen LogP contribution in [0.5, 0.6) is 5.75 Å². The summed E-state index contributed by atoms with van der Waals surface area (Å²) in [6.07, 6.45) is -0.0477. The lowest BCUT2D eigenvalue weighted by molar-refractivity contribution is -0.138. The smallest absolute Gasteiger partial charge is 0.328 e. The highest BCUT2D eigenvalue weighted by Gasteiger charge is 2.22. The molecule has 0 aliphatic heterocycles. The highest BCUT2D eigenvalue weighted by molar-refractivity contribution is 6.03. The first kappa shape index (κ1) is 28.4. The van der Waals surface area contributed by atoms with Crippen LogP contribution in [0, 0.1) is 0 Å². The van der Waals surface area contributed by atoms with Crippen LogP contribution in [-0.2, 0) is 22.4 Å². The van der Waals surface area contributed by atoms with Gasteiger partial charge < -0.3 is 21.3 Å². The molecule has 4 aromatic rings. The van der Waals surface area contributed by atoms with Gasteiger partial charge in [0.2, 0.25) is 0 Å². The van der Waals surface area contributed by atoms with E-state index >= 15 is 0 Å². The number of benzene rings is 4. The van der Waals surface area contributed by atoms with Crippen LogP contribution < -0.4 is 16.2 Å². The van der Waals surface area contributed by atoms with E-state index < -0.39 is 24.0 Å². The molecule has 40 heavy (non-hydrogen) atoms. The summed E-state index contributed by atoms with van der Waals surface area (Å²) in [6, 6.07) is 24.4. The summed E-state index contributed by atoms with van der Waals surface area (Å²) in [5.41, 5.74) is 13.6. The Bertz CT molecular complexity index is 1560. The predicted octanol–water partition coefficient (Wildman–Crippen LogP) is 4.12. The Labute approximate surface area is 231 Å². The Hall–Kier alpha value is -4.66. The van der Waals surface area contributed by atoms with Gasteiger partial charge in [0.1, 0.15) is 17.8 Å². The first-order valence-electron chi connectivity index (χ1n) is 12.9. The van der Waals surface area contributed by atoms with Gasteiger partial charge in [0.25, 0.3) is 0 Å². The molecule has 5 N–H and O–H groups in total. The van der Waals surface area contributed by atoms with Crippen LogP contribution in [0.15, 0.2) is 91.0 Å². The molecule has 0 fully saturated rings. The number of carbonyl (C=O) groups excluding carboxylic acids is 3. The number of carbonyl (C=O) groups is 4. The Balaban J connectivity index is 1.39. The van der Waals surface area contributed by atoms with Gasteiger partial charge in [0.15, 0.2) is 11.6 Å². The van der Waals surface area contributed by atoms with Gasteiger partial charge in [-0.15, -0.1) is 0 Å². The van der Waals surface area contributed by atoms with Gasteiger partial charge >= 0.3 is 11.9 Å². The van der Waals surface area contributed by atoms with Gasteiger partial charge in [-0.25, -0.2) is 4.79 Å². The van der Waals surface area contributed by atoms with Gasteiger partial charge in [-0.3, -0.25) is 14.4 Å². The molecule has 4 rings (SSSR count). The zero-order valence-corrected chi connectivity index (χ0v) is 21.8. The highest BCUT2D eigenvalue weighted by atomic mass is 16.5. The second-order valence-corrected chi connectivity index (χ2v) is 9.55. The summed E-state index contributed by atoms with van der Waals surface area (Å²) in [6.45, 7) is 0. The Kier molecular flexibility index (Phi) is 9.16. The number of aliphatic carboxylic acids is 1. The van der Waals surface area contributed by atoms with E-state index in [1.807, 2.05) is 30.3 Å². The van der Waals surface area contributed by atoms with E-state index in [4.69, 9.17) is 21.3 Å². The number of fused-ring (bicyclic) bond motifs is 1. The van der Waals surface area contributed by atoms with Crippen LogP contribution in [0.2, 0.25) is 0 Å². The molecule has 0 amide bonds. The molecule has 8 nitrogen and oxygen atoms in total. The number of Topliss-reactive ketones (excluding diaryl/α,β-unsaturated/α-hetero) is 2. The van der Waals surface area contributed by atoms with Crippen molar-refractivity contribution in [2.45, 2.75) is 37.8 Å². The average molecular weight is 539 g/mol. The summed E-state index contributed by atoms with van der Waals surface area (Å²) in [5.74, 6) is -1.95. The van der Waals surface area contributed by atoms with Gasteiger partial charge in [-0.05, 0) is 46.9 Å². The molecule has 0 aliphatic rings. The molecule has 0 spiro atoms. The van der Waals surface area contributed by atoms with Crippen molar-refractivity contribution in [3.63, 3.8) is 0 Å². The van der Waals surface area contributed by atoms with E-state index in [2.05, 4.69) is 0 Å². The second kappa shape index (κ2) is 12.9. The van der Waals surface area contributed by atoms with Crippen molar-refractivity contribution in [3.8, 4) is 5.75 Å². The molecule has 0 heterocycles. The van der Waals surface area contributed by atoms with Gasteiger partial charge in [0, 0.05) is 24.0 Å². The topological polar surface area (TPSA) is 150 Å². The van der Waals surface area contributed by atoms with E-state index in [-0.39, 0.29) is 37.2 Å². The quantitative estimate of drug-likeness (QED) is 0.139. The molecule has 204 valence electrons. The molecular formula is C32H30N2O6. The average Bonchev–Trinajstić information content (AvgIpc) is 2.96. The third-order valence-corrected chi connectivity index (χ3v) is 6.65. The number of rotatable bonds is 12. The van der Waals surface area contributed by atoms with Crippen molar-refractivity contribution in [3.05, 3.63) is 113 Å². The van der Waals surface area contributed by atoms with Gasteiger partial charge in [-0.1, -0.05) is 78.9 Å². The fourth-order valence-corrected chi connectivity index (χ4v) is 4.50. The van der Waals surface area contributed by atoms with Crippen LogP contribution in [-0.4, -0.2) is 40.7 Å². The van der Waals surface area contributed by atoms with Crippen LogP contribution in [0.1, 0.15) is 44.7 Å². The van der Waals surface area contributed by atoms with Crippen molar-refractivity contribution >= 4 is 34.3 Å². The first-order chi connectivity index (χ1) is 19.2. The third kappa shape index (κ3) is 7.05. The largest absolute Gasteiger partial charge is 0.480 e. The fraction of sp³-hybridized carbons (Fsp3) is 0.188. The minimum Gasteiger partial charge on any atom is -0.480 e. The zero-order valence-electron chi connectivity index (χ0n) is 21.8. The number of carboxylic acid groups (broad SMARTS) is 1. The van der Waals surface area contributed by atoms with Crippen molar-refractivity contribution in [1.82, 2.24) is 0 Å².